The molecule has 74 valence electrons. The minimum Gasteiger partial charge on any atom is -0.373 e. The molecule has 2 heteroatoms. The Labute approximate surface area is 76.5 Å². The van der Waals surface area contributed by atoms with Gasteiger partial charge in [-0.25, -0.2) is 0 Å². The maximum Gasteiger partial charge on any atom is 0.0700 e. The highest BCUT2D eigenvalue weighted by molar-refractivity contribution is 4.82. The van der Waals surface area contributed by atoms with Crippen molar-refractivity contribution in [3.05, 3.63) is 0 Å². The SMILES string of the molecule is CC(C)C(C)(OCCN)C(C)C. The summed E-state index contributed by atoms with van der Waals surface area (Å²) in [7, 11) is 0. The lowest BCUT2D eigenvalue weighted by atomic mass is 9.82. The molecule has 0 fully saturated rings. The molecule has 0 rings (SSSR count). The molecule has 0 aliphatic rings. The number of nitrogens with two attached hydrogens (primary N) is 1. The van der Waals surface area contributed by atoms with Crippen LogP contribution in [0.3, 0.4) is 0 Å². The summed E-state index contributed by atoms with van der Waals surface area (Å²) in [6.07, 6.45) is 0. The third kappa shape index (κ3) is 2.76. The van der Waals surface area contributed by atoms with Crippen molar-refractivity contribution >= 4 is 0 Å². The van der Waals surface area contributed by atoms with Crippen molar-refractivity contribution in [1.82, 2.24) is 0 Å². The molecule has 2 N–H and O–H groups in total. The standard InChI is InChI=1S/C10H23NO/c1-8(2)10(5,9(3)4)12-7-6-11/h8-9H,6-7,11H2,1-5H3. The molecule has 0 aliphatic heterocycles. The fourth-order valence-electron chi connectivity index (χ4n) is 1.28. The van der Waals surface area contributed by atoms with Gasteiger partial charge in [0, 0.05) is 6.54 Å². The van der Waals surface area contributed by atoms with Crippen LogP contribution in [0.25, 0.3) is 0 Å². The van der Waals surface area contributed by atoms with E-state index in [4.69, 9.17) is 10.5 Å². The molecule has 0 atom stereocenters. The van der Waals surface area contributed by atoms with Crippen LogP contribution in [0.4, 0.5) is 0 Å². The molecule has 0 aromatic carbocycles. The zero-order chi connectivity index (χ0) is 9.78. The van der Waals surface area contributed by atoms with Crippen molar-refractivity contribution in [3.63, 3.8) is 0 Å². The van der Waals surface area contributed by atoms with E-state index in [0.717, 1.165) is 0 Å². The van der Waals surface area contributed by atoms with Gasteiger partial charge < -0.3 is 10.5 Å². The Bertz CT molecular complexity index is 113. The van der Waals surface area contributed by atoms with E-state index in [1.54, 1.807) is 0 Å². The minimum atomic E-state index is -0.0284. The fraction of sp³-hybridized carbons (Fsp3) is 1.00. The van der Waals surface area contributed by atoms with Gasteiger partial charge in [0.25, 0.3) is 0 Å². The Morgan fingerprint density at radius 1 is 1.17 bits per heavy atom. The maximum atomic E-state index is 5.78. The van der Waals surface area contributed by atoms with Gasteiger partial charge in [0.05, 0.1) is 12.2 Å². The van der Waals surface area contributed by atoms with E-state index >= 15 is 0 Å². The molecular weight excluding hydrogens is 150 g/mol. The first-order valence-corrected chi connectivity index (χ1v) is 4.79. The van der Waals surface area contributed by atoms with Gasteiger partial charge in [0.15, 0.2) is 0 Å². The predicted octanol–water partition coefficient (Wildman–Crippen LogP) is 2.03. The van der Waals surface area contributed by atoms with Gasteiger partial charge >= 0.3 is 0 Å². The molecule has 12 heavy (non-hydrogen) atoms. The molecule has 0 saturated carbocycles. The van der Waals surface area contributed by atoms with Crippen LogP contribution in [-0.4, -0.2) is 18.8 Å². The van der Waals surface area contributed by atoms with E-state index in [9.17, 15) is 0 Å². The van der Waals surface area contributed by atoms with E-state index in [0.29, 0.717) is 25.0 Å². The molecule has 0 unspecified atom stereocenters. The van der Waals surface area contributed by atoms with E-state index in [-0.39, 0.29) is 5.60 Å². The van der Waals surface area contributed by atoms with Crippen LogP contribution in [0.1, 0.15) is 34.6 Å². The zero-order valence-corrected chi connectivity index (χ0v) is 9.05. The van der Waals surface area contributed by atoms with Crippen LogP contribution in [0.5, 0.6) is 0 Å². The topological polar surface area (TPSA) is 35.2 Å². The van der Waals surface area contributed by atoms with Crippen LogP contribution in [0.15, 0.2) is 0 Å². The summed E-state index contributed by atoms with van der Waals surface area (Å²) in [6.45, 7) is 12.2. The molecule has 0 bridgehead atoms. The van der Waals surface area contributed by atoms with Crippen LogP contribution in [0.2, 0.25) is 0 Å². The highest BCUT2D eigenvalue weighted by Crippen LogP contribution is 2.29. The average molecular weight is 173 g/mol. The summed E-state index contributed by atoms with van der Waals surface area (Å²) < 4.78 is 5.78. The van der Waals surface area contributed by atoms with Crippen LogP contribution >= 0.6 is 0 Å². The average Bonchev–Trinajstić information content (AvgIpc) is 1.99. The molecule has 0 aromatic rings. The summed E-state index contributed by atoms with van der Waals surface area (Å²) in [4.78, 5) is 0. The van der Waals surface area contributed by atoms with Gasteiger partial charge in [-0.3, -0.25) is 0 Å². The molecule has 0 heterocycles. The summed E-state index contributed by atoms with van der Waals surface area (Å²) in [6, 6.07) is 0. The summed E-state index contributed by atoms with van der Waals surface area (Å²) in [5.74, 6) is 1.06. The lowest BCUT2D eigenvalue weighted by Crippen LogP contribution is -2.41. The van der Waals surface area contributed by atoms with Crippen molar-refractivity contribution < 1.29 is 4.74 Å². The summed E-state index contributed by atoms with van der Waals surface area (Å²) in [5.41, 5.74) is 5.38. The van der Waals surface area contributed by atoms with Gasteiger partial charge in [-0.1, -0.05) is 27.7 Å². The van der Waals surface area contributed by atoms with E-state index in [1.807, 2.05) is 0 Å². The molecule has 0 spiro atoms. The molecule has 0 saturated heterocycles. The van der Waals surface area contributed by atoms with E-state index < -0.39 is 0 Å². The van der Waals surface area contributed by atoms with Gasteiger partial charge in [0.1, 0.15) is 0 Å². The lowest BCUT2D eigenvalue weighted by molar-refractivity contribution is -0.0929. The number of hydrogen-bond donors (Lipinski definition) is 1. The van der Waals surface area contributed by atoms with Crippen LogP contribution in [0, 0.1) is 11.8 Å². The largest absolute Gasteiger partial charge is 0.373 e. The minimum absolute atomic E-state index is 0.0284. The zero-order valence-electron chi connectivity index (χ0n) is 9.05. The molecule has 0 radical (unpaired) electrons. The first-order valence-electron chi connectivity index (χ1n) is 4.79. The smallest absolute Gasteiger partial charge is 0.0700 e. The number of hydrogen-bond acceptors (Lipinski definition) is 2. The first kappa shape index (κ1) is 11.9. The Morgan fingerprint density at radius 3 is 1.83 bits per heavy atom. The second-order valence-corrected chi connectivity index (χ2v) is 4.13. The van der Waals surface area contributed by atoms with Crippen molar-refractivity contribution in [2.75, 3.05) is 13.2 Å². The second-order valence-electron chi connectivity index (χ2n) is 4.13. The highest BCUT2D eigenvalue weighted by atomic mass is 16.5. The van der Waals surface area contributed by atoms with Crippen molar-refractivity contribution in [3.8, 4) is 0 Å². The third-order valence-corrected chi connectivity index (χ3v) is 2.82. The third-order valence-electron chi connectivity index (χ3n) is 2.82. The van der Waals surface area contributed by atoms with Crippen LogP contribution < -0.4 is 5.73 Å². The lowest BCUT2D eigenvalue weighted by Gasteiger charge is -2.37. The Hall–Kier alpha value is -0.0800. The van der Waals surface area contributed by atoms with E-state index in [2.05, 4.69) is 34.6 Å². The molecular formula is C10H23NO. The monoisotopic (exact) mass is 173 g/mol. The first-order chi connectivity index (χ1) is 5.45. The van der Waals surface area contributed by atoms with Gasteiger partial charge in [-0.05, 0) is 18.8 Å². The Kier molecular flexibility index (Phi) is 4.80. The molecule has 0 aliphatic carbocycles. The quantitative estimate of drug-likeness (QED) is 0.690. The van der Waals surface area contributed by atoms with Crippen LogP contribution in [-0.2, 0) is 4.74 Å². The summed E-state index contributed by atoms with van der Waals surface area (Å²) >= 11 is 0. The van der Waals surface area contributed by atoms with Gasteiger partial charge in [0.2, 0.25) is 0 Å². The normalized spacial score (nSPS) is 13.0. The van der Waals surface area contributed by atoms with Crippen molar-refractivity contribution in [1.29, 1.82) is 0 Å². The Balaban J connectivity index is 4.19. The van der Waals surface area contributed by atoms with Crippen molar-refractivity contribution in [2.24, 2.45) is 17.6 Å². The molecule has 0 aromatic heterocycles. The van der Waals surface area contributed by atoms with E-state index in [1.165, 1.54) is 0 Å². The predicted molar refractivity (Wildman–Crippen MR) is 53.1 cm³/mol. The molecule has 0 amide bonds. The highest BCUT2D eigenvalue weighted by Gasteiger charge is 2.32. The maximum absolute atomic E-state index is 5.78. The Morgan fingerprint density at radius 2 is 1.58 bits per heavy atom. The second kappa shape index (κ2) is 4.83. The fourth-order valence-corrected chi connectivity index (χ4v) is 1.28. The van der Waals surface area contributed by atoms with Crippen molar-refractivity contribution in [2.45, 2.75) is 40.2 Å². The molecule has 2 nitrogen and oxygen atoms in total. The van der Waals surface area contributed by atoms with Gasteiger partial charge in [-0.2, -0.15) is 0 Å². The summed E-state index contributed by atoms with van der Waals surface area (Å²) in [5, 5.41) is 0. The number of ether oxygens (including phenoxy) is 1. The van der Waals surface area contributed by atoms with Gasteiger partial charge in [-0.15, -0.1) is 0 Å². The number of rotatable bonds is 5.